The lowest BCUT2D eigenvalue weighted by Gasteiger charge is -2.11. The topological polar surface area (TPSA) is 92.3 Å². The van der Waals surface area contributed by atoms with Gasteiger partial charge in [0.2, 0.25) is 0 Å². The summed E-state index contributed by atoms with van der Waals surface area (Å²) in [6.07, 6.45) is 0. The highest BCUT2D eigenvalue weighted by molar-refractivity contribution is 7.90. The molecule has 0 saturated carbocycles. The van der Waals surface area contributed by atoms with Crippen LogP contribution in [-0.4, -0.2) is 26.8 Å². The zero-order valence-electron chi connectivity index (χ0n) is 15.9. The Labute approximate surface area is 160 Å². The molecule has 2 aromatic rings. The minimum Gasteiger partial charge on any atom is -0.352 e. The predicted octanol–water partition coefficient (Wildman–Crippen LogP) is 2.81. The lowest BCUT2D eigenvalue weighted by atomic mass is 10.0. The SMILES string of the molecule is Cc1cccc(C(=O)NS(=O)(=O)c2ccc(C(=O)NCC(C)C)cc2)c1C. The van der Waals surface area contributed by atoms with E-state index in [4.69, 9.17) is 0 Å². The summed E-state index contributed by atoms with van der Waals surface area (Å²) in [4.78, 5) is 24.3. The van der Waals surface area contributed by atoms with Crippen LogP contribution in [0, 0.1) is 19.8 Å². The zero-order valence-corrected chi connectivity index (χ0v) is 16.7. The van der Waals surface area contributed by atoms with Crippen LogP contribution >= 0.6 is 0 Å². The summed E-state index contributed by atoms with van der Waals surface area (Å²) in [5.74, 6) is -0.643. The Bertz CT molecular complexity index is 948. The molecule has 2 N–H and O–H groups in total. The summed E-state index contributed by atoms with van der Waals surface area (Å²) in [7, 11) is -4.04. The van der Waals surface area contributed by atoms with Crippen LogP contribution in [0.2, 0.25) is 0 Å². The third-order valence-electron chi connectivity index (χ3n) is 4.17. The molecule has 0 bridgehead atoms. The fraction of sp³-hybridized carbons (Fsp3) is 0.300. The van der Waals surface area contributed by atoms with Crippen molar-refractivity contribution in [2.24, 2.45) is 5.92 Å². The van der Waals surface area contributed by atoms with Gasteiger partial charge in [-0.2, -0.15) is 0 Å². The minimum atomic E-state index is -4.04. The summed E-state index contributed by atoms with van der Waals surface area (Å²) in [5.41, 5.74) is 2.29. The highest BCUT2D eigenvalue weighted by atomic mass is 32.2. The number of nitrogens with one attached hydrogen (secondary N) is 2. The van der Waals surface area contributed by atoms with E-state index >= 15 is 0 Å². The van der Waals surface area contributed by atoms with E-state index in [2.05, 4.69) is 10.0 Å². The van der Waals surface area contributed by atoms with Crippen molar-refractivity contribution in [2.45, 2.75) is 32.6 Å². The average Bonchev–Trinajstić information content (AvgIpc) is 2.61. The number of hydrogen-bond acceptors (Lipinski definition) is 4. The van der Waals surface area contributed by atoms with Gasteiger partial charge in [0.25, 0.3) is 21.8 Å². The van der Waals surface area contributed by atoms with Gasteiger partial charge in [-0.15, -0.1) is 0 Å². The largest absolute Gasteiger partial charge is 0.352 e. The molecule has 0 aliphatic rings. The molecular formula is C20H24N2O4S. The Morgan fingerprint density at radius 3 is 2.19 bits per heavy atom. The molecule has 0 aliphatic carbocycles. The molecule has 0 atom stereocenters. The maximum absolute atomic E-state index is 12.5. The molecular weight excluding hydrogens is 364 g/mol. The normalized spacial score (nSPS) is 11.3. The number of carbonyl (C=O) groups is 2. The van der Waals surface area contributed by atoms with Crippen LogP contribution in [0.25, 0.3) is 0 Å². The standard InChI is InChI=1S/C20H24N2O4S/c1-13(2)12-21-19(23)16-8-10-17(11-9-16)27(25,26)22-20(24)18-7-5-6-14(3)15(18)4/h5-11,13H,12H2,1-4H3,(H,21,23)(H,22,24). The number of carbonyl (C=O) groups excluding carboxylic acids is 2. The molecule has 2 aromatic carbocycles. The summed E-state index contributed by atoms with van der Waals surface area (Å²) < 4.78 is 27.0. The molecule has 0 spiro atoms. The van der Waals surface area contributed by atoms with Crippen LogP contribution in [0.15, 0.2) is 47.4 Å². The molecule has 27 heavy (non-hydrogen) atoms. The summed E-state index contributed by atoms with van der Waals surface area (Å²) in [6, 6.07) is 10.6. The monoisotopic (exact) mass is 388 g/mol. The van der Waals surface area contributed by atoms with E-state index in [-0.39, 0.29) is 10.8 Å². The smallest absolute Gasteiger partial charge is 0.265 e. The lowest BCUT2D eigenvalue weighted by molar-refractivity contribution is 0.0946. The first-order valence-electron chi connectivity index (χ1n) is 8.63. The number of rotatable bonds is 6. The van der Waals surface area contributed by atoms with Gasteiger partial charge in [0, 0.05) is 17.7 Å². The van der Waals surface area contributed by atoms with Gasteiger partial charge in [-0.1, -0.05) is 26.0 Å². The number of aryl methyl sites for hydroxylation is 1. The highest BCUT2D eigenvalue weighted by Gasteiger charge is 2.20. The summed E-state index contributed by atoms with van der Waals surface area (Å²) in [6.45, 7) is 8.11. The number of hydrogen-bond donors (Lipinski definition) is 2. The fourth-order valence-corrected chi connectivity index (χ4v) is 3.38. The molecule has 2 rings (SSSR count). The summed E-state index contributed by atoms with van der Waals surface area (Å²) in [5, 5.41) is 2.76. The van der Waals surface area contributed by atoms with Gasteiger partial charge in [-0.05, 0) is 61.2 Å². The third kappa shape index (κ3) is 5.17. The molecule has 7 heteroatoms. The molecule has 0 radical (unpaired) electrons. The van der Waals surface area contributed by atoms with Crippen LogP contribution in [0.3, 0.4) is 0 Å². The Hall–Kier alpha value is -2.67. The fourth-order valence-electron chi connectivity index (χ4n) is 2.42. The maximum atomic E-state index is 12.5. The Kier molecular flexibility index (Phi) is 6.38. The first-order valence-corrected chi connectivity index (χ1v) is 10.1. The number of sulfonamides is 1. The Balaban J connectivity index is 2.16. The Morgan fingerprint density at radius 1 is 0.963 bits per heavy atom. The van der Waals surface area contributed by atoms with E-state index in [1.54, 1.807) is 19.1 Å². The van der Waals surface area contributed by atoms with Gasteiger partial charge in [-0.3, -0.25) is 9.59 Å². The van der Waals surface area contributed by atoms with Crippen LogP contribution in [0.5, 0.6) is 0 Å². The van der Waals surface area contributed by atoms with E-state index in [0.717, 1.165) is 11.1 Å². The van der Waals surface area contributed by atoms with Crippen molar-refractivity contribution in [1.82, 2.24) is 10.0 Å². The van der Waals surface area contributed by atoms with E-state index < -0.39 is 15.9 Å². The van der Waals surface area contributed by atoms with E-state index in [9.17, 15) is 18.0 Å². The second kappa shape index (κ2) is 8.35. The van der Waals surface area contributed by atoms with Crippen molar-refractivity contribution < 1.29 is 18.0 Å². The lowest BCUT2D eigenvalue weighted by Crippen LogP contribution is -2.31. The quantitative estimate of drug-likeness (QED) is 0.796. The molecule has 0 saturated heterocycles. The van der Waals surface area contributed by atoms with Gasteiger partial charge in [-0.25, -0.2) is 13.1 Å². The van der Waals surface area contributed by atoms with E-state index in [0.29, 0.717) is 23.6 Å². The molecule has 2 amide bonds. The second-order valence-electron chi connectivity index (χ2n) is 6.81. The van der Waals surface area contributed by atoms with Crippen LogP contribution in [0.1, 0.15) is 45.7 Å². The van der Waals surface area contributed by atoms with E-state index in [1.807, 2.05) is 26.8 Å². The van der Waals surface area contributed by atoms with Crippen molar-refractivity contribution >= 4 is 21.8 Å². The molecule has 0 aliphatic heterocycles. The third-order valence-corrected chi connectivity index (χ3v) is 5.52. The number of amides is 2. The first-order chi connectivity index (χ1) is 12.6. The maximum Gasteiger partial charge on any atom is 0.265 e. The second-order valence-corrected chi connectivity index (χ2v) is 8.49. The van der Waals surface area contributed by atoms with Gasteiger partial charge in [0.15, 0.2) is 0 Å². The van der Waals surface area contributed by atoms with Crippen LogP contribution in [0.4, 0.5) is 0 Å². The van der Waals surface area contributed by atoms with Crippen LogP contribution in [-0.2, 0) is 10.0 Å². The molecule has 144 valence electrons. The minimum absolute atomic E-state index is 0.0819. The van der Waals surface area contributed by atoms with Gasteiger partial charge in [0.1, 0.15) is 0 Å². The van der Waals surface area contributed by atoms with Gasteiger partial charge in [0.05, 0.1) is 4.90 Å². The molecule has 0 fully saturated rings. The van der Waals surface area contributed by atoms with Crippen molar-refractivity contribution in [3.05, 3.63) is 64.7 Å². The van der Waals surface area contributed by atoms with Crippen molar-refractivity contribution in [1.29, 1.82) is 0 Å². The average molecular weight is 388 g/mol. The first kappa shape index (κ1) is 20.6. The van der Waals surface area contributed by atoms with Gasteiger partial charge < -0.3 is 5.32 Å². The number of benzene rings is 2. The molecule has 6 nitrogen and oxygen atoms in total. The highest BCUT2D eigenvalue weighted by Crippen LogP contribution is 2.15. The van der Waals surface area contributed by atoms with Crippen molar-refractivity contribution in [2.75, 3.05) is 6.54 Å². The molecule has 0 unspecified atom stereocenters. The van der Waals surface area contributed by atoms with Crippen molar-refractivity contribution in [3.8, 4) is 0 Å². The zero-order chi connectivity index (χ0) is 20.2. The van der Waals surface area contributed by atoms with E-state index in [1.165, 1.54) is 24.3 Å². The van der Waals surface area contributed by atoms with Gasteiger partial charge >= 0.3 is 0 Å². The van der Waals surface area contributed by atoms with Crippen molar-refractivity contribution in [3.63, 3.8) is 0 Å². The Morgan fingerprint density at radius 2 is 1.59 bits per heavy atom. The van der Waals surface area contributed by atoms with Crippen LogP contribution < -0.4 is 10.0 Å². The molecule has 0 aromatic heterocycles. The predicted molar refractivity (Wildman–Crippen MR) is 104 cm³/mol. The molecule has 0 heterocycles. The summed E-state index contributed by atoms with van der Waals surface area (Å²) >= 11 is 0.